The summed E-state index contributed by atoms with van der Waals surface area (Å²) in [6, 6.07) is 3.98. The number of rotatable bonds is 3. The van der Waals surface area contributed by atoms with Crippen molar-refractivity contribution in [3.63, 3.8) is 0 Å². The van der Waals surface area contributed by atoms with Crippen LogP contribution in [-0.4, -0.2) is 36.3 Å². The minimum Gasteiger partial charge on any atom is -0.465 e. The molecule has 1 aliphatic rings. The fourth-order valence-electron chi connectivity index (χ4n) is 2.97. The van der Waals surface area contributed by atoms with Crippen LogP contribution >= 0.6 is 0 Å². The van der Waals surface area contributed by atoms with Crippen LogP contribution < -0.4 is 0 Å². The van der Waals surface area contributed by atoms with Crippen molar-refractivity contribution < 1.29 is 14.3 Å². The van der Waals surface area contributed by atoms with Gasteiger partial charge in [0.1, 0.15) is 5.82 Å². The number of aromatic amines is 1. The maximum absolute atomic E-state index is 12.0. The molecule has 1 fully saturated rings. The van der Waals surface area contributed by atoms with Crippen molar-refractivity contribution in [1.82, 2.24) is 9.97 Å². The smallest absolute Gasteiger partial charge is 0.338 e. The molecule has 1 aromatic carbocycles. The molecule has 3 rings (SSSR count). The Balaban J connectivity index is 2.15. The molecule has 22 heavy (non-hydrogen) atoms. The van der Waals surface area contributed by atoms with Gasteiger partial charge in [0.2, 0.25) is 0 Å². The number of benzene rings is 1. The first-order chi connectivity index (χ1) is 10.6. The number of aryl methyl sites for hydroxylation is 2. The molecule has 0 radical (unpaired) electrons. The molecule has 116 valence electrons. The zero-order chi connectivity index (χ0) is 15.7. The number of carbonyl (C=O) groups excluding carboxylic acids is 1. The van der Waals surface area contributed by atoms with Crippen LogP contribution in [0.15, 0.2) is 18.3 Å². The molecule has 2 heterocycles. The van der Waals surface area contributed by atoms with E-state index in [0.717, 1.165) is 42.3 Å². The van der Waals surface area contributed by atoms with Crippen molar-refractivity contribution in [3.8, 4) is 11.3 Å². The number of H-pyrrole nitrogens is 1. The first-order valence-corrected chi connectivity index (χ1v) is 7.42. The van der Waals surface area contributed by atoms with E-state index < -0.39 is 0 Å². The molecule has 1 aromatic heterocycles. The molecule has 1 N–H and O–H groups in total. The van der Waals surface area contributed by atoms with Crippen molar-refractivity contribution >= 4 is 5.97 Å². The van der Waals surface area contributed by atoms with Crippen LogP contribution in [-0.2, 0) is 9.47 Å². The van der Waals surface area contributed by atoms with Crippen molar-refractivity contribution in [2.24, 2.45) is 0 Å². The van der Waals surface area contributed by atoms with E-state index in [2.05, 4.69) is 16.0 Å². The minimum absolute atomic E-state index is 0.316. The fourth-order valence-corrected chi connectivity index (χ4v) is 2.97. The molecule has 1 saturated heterocycles. The monoisotopic (exact) mass is 300 g/mol. The van der Waals surface area contributed by atoms with E-state index in [9.17, 15) is 4.79 Å². The van der Waals surface area contributed by atoms with Gasteiger partial charge in [-0.15, -0.1) is 0 Å². The van der Waals surface area contributed by atoms with Gasteiger partial charge in [-0.1, -0.05) is 6.07 Å². The average molecular weight is 300 g/mol. The van der Waals surface area contributed by atoms with Gasteiger partial charge < -0.3 is 14.5 Å². The van der Waals surface area contributed by atoms with Crippen molar-refractivity contribution in [1.29, 1.82) is 0 Å². The lowest BCUT2D eigenvalue weighted by Gasteiger charge is -2.16. The number of hydrogen-bond donors (Lipinski definition) is 1. The summed E-state index contributed by atoms with van der Waals surface area (Å²) in [5, 5.41) is 0. The van der Waals surface area contributed by atoms with Crippen LogP contribution in [0.2, 0.25) is 0 Å². The third-order valence-electron chi connectivity index (χ3n) is 4.16. The Morgan fingerprint density at radius 3 is 2.82 bits per heavy atom. The Bertz CT molecular complexity index is 700. The van der Waals surface area contributed by atoms with Gasteiger partial charge >= 0.3 is 5.97 Å². The molecule has 0 amide bonds. The number of nitrogens with zero attached hydrogens (tertiary/aromatic N) is 1. The lowest BCUT2D eigenvalue weighted by Crippen LogP contribution is -2.08. The van der Waals surface area contributed by atoms with Gasteiger partial charge in [-0.25, -0.2) is 9.78 Å². The summed E-state index contributed by atoms with van der Waals surface area (Å²) in [4.78, 5) is 19.5. The van der Waals surface area contributed by atoms with Crippen molar-refractivity contribution in [3.05, 3.63) is 40.8 Å². The maximum atomic E-state index is 12.0. The van der Waals surface area contributed by atoms with Crippen LogP contribution in [0.4, 0.5) is 0 Å². The Kier molecular flexibility index (Phi) is 3.98. The summed E-state index contributed by atoms with van der Waals surface area (Å²) < 4.78 is 10.4. The number of esters is 1. The van der Waals surface area contributed by atoms with Crippen molar-refractivity contribution in [2.45, 2.75) is 26.2 Å². The van der Waals surface area contributed by atoms with E-state index in [1.54, 1.807) is 6.20 Å². The molecular formula is C17H20N2O3. The van der Waals surface area contributed by atoms with E-state index in [-0.39, 0.29) is 5.97 Å². The molecule has 0 spiro atoms. The largest absolute Gasteiger partial charge is 0.465 e. The molecule has 0 aliphatic carbocycles. The number of carbonyl (C=O) groups is 1. The number of methoxy groups -OCH3 is 1. The average Bonchev–Trinajstić information content (AvgIpc) is 3.17. The van der Waals surface area contributed by atoms with Gasteiger partial charge in [-0.05, 0) is 37.5 Å². The topological polar surface area (TPSA) is 64.2 Å². The Morgan fingerprint density at radius 2 is 2.23 bits per heavy atom. The van der Waals surface area contributed by atoms with E-state index in [1.165, 1.54) is 12.7 Å². The predicted molar refractivity (Wildman–Crippen MR) is 83.0 cm³/mol. The molecule has 0 bridgehead atoms. The van der Waals surface area contributed by atoms with Crippen LogP contribution in [0.3, 0.4) is 0 Å². The second-order valence-corrected chi connectivity index (χ2v) is 5.69. The van der Waals surface area contributed by atoms with E-state index in [0.29, 0.717) is 11.5 Å². The summed E-state index contributed by atoms with van der Waals surface area (Å²) in [5.41, 5.74) is 4.64. The maximum Gasteiger partial charge on any atom is 0.338 e. The summed E-state index contributed by atoms with van der Waals surface area (Å²) in [6.07, 6.45) is 2.80. The highest BCUT2D eigenvalue weighted by molar-refractivity contribution is 5.93. The Morgan fingerprint density at radius 1 is 1.41 bits per heavy atom. The fraction of sp³-hybridized carbons (Fsp3) is 0.412. The van der Waals surface area contributed by atoms with Gasteiger partial charge in [0.15, 0.2) is 0 Å². The third-order valence-corrected chi connectivity index (χ3v) is 4.16. The second kappa shape index (κ2) is 5.93. The Hall–Kier alpha value is -2.14. The number of imidazole rings is 1. The van der Waals surface area contributed by atoms with Gasteiger partial charge in [-0.3, -0.25) is 0 Å². The minimum atomic E-state index is -0.316. The SMILES string of the molecule is COC(=O)c1cc(-c2cnc(C)[nH]2)c(C2CCOC2)cc1C. The van der Waals surface area contributed by atoms with Crippen LogP contribution in [0.1, 0.15) is 39.6 Å². The van der Waals surface area contributed by atoms with E-state index >= 15 is 0 Å². The molecule has 5 nitrogen and oxygen atoms in total. The lowest BCUT2D eigenvalue weighted by molar-refractivity contribution is 0.0600. The normalized spacial score (nSPS) is 17.7. The number of nitrogens with one attached hydrogen (secondary N) is 1. The van der Waals surface area contributed by atoms with Gasteiger partial charge in [0.05, 0.1) is 31.2 Å². The number of aromatic nitrogens is 2. The summed E-state index contributed by atoms with van der Waals surface area (Å²) in [7, 11) is 1.40. The predicted octanol–water partition coefficient (Wildman–Crippen LogP) is 2.98. The number of ether oxygens (including phenoxy) is 2. The molecule has 1 aliphatic heterocycles. The second-order valence-electron chi connectivity index (χ2n) is 5.69. The zero-order valence-electron chi connectivity index (χ0n) is 13.1. The standard InChI is InChI=1S/C17H20N2O3/c1-10-6-14(12-4-5-22-9-12)15(7-13(10)17(20)21-3)16-8-18-11(2)19-16/h6-8,12H,4-5,9H2,1-3H3,(H,18,19). The van der Waals surface area contributed by atoms with Gasteiger partial charge in [0.25, 0.3) is 0 Å². The van der Waals surface area contributed by atoms with Crippen LogP contribution in [0.5, 0.6) is 0 Å². The van der Waals surface area contributed by atoms with E-state index in [1.807, 2.05) is 19.9 Å². The summed E-state index contributed by atoms with van der Waals surface area (Å²) >= 11 is 0. The molecule has 0 saturated carbocycles. The highest BCUT2D eigenvalue weighted by atomic mass is 16.5. The molecule has 1 atom stereocenters. The number of hydrogen-bond acceptors (Lipinski definition) is 4. The van der Waals surface area contributed by atoms with Crippen LogP contribution in [0, 0.1) is 13.8 Å². The third kappa shape index (κ3) is 2.64. The first kappa shape index (κ1) is 14.8. The molecular weight excluding hydrogens is 280 g/mol. The summed E-state index contributed by atoms with van der Waals surface area (Å²) in [6.45, 7) is 5.35. The van der Waals surface area contributed by atoms with Crippen LogP contribution in [0.25, 0.3) is 11.3 Å². The molecule has 1 unspecified atom stereocenters. The highest BCUT2D eigenvalue weighted by Gasteiger charge is 2.24. The van der Waals surface area contributed by atoms with Crippen molar-refractivity contribution in [2.75, 3.05) is 20.3 Å². The van der Waals surface area contributed by atoms with Gasteiger partial charge in [-0.2, -0.15) is 0 Å². The Labute approximate surface area is 129 Å². The summed E-state index contributed by atoms with van der Waals surface area (Å²) in [5.74, 6) is 0.886. The molecule has 5 heteroatoms. The quantitative estimate of drug-likeness (QED) is 0.885. The van der Waals surface area contributed by atoms with Gasteiger partial charge in [0, 0.05) is 18.1 Å². The zero-order valence-corrected chi connectivity index (χ0v) is 13.1. The van der Waals surface area contributed by atoms with E-state index in [4.69, 9.17) is 9.47 Å². The molecule has 2 aromatic rings. The lowest BCUT2D eigenvalue weighted by atomic mass is 9.88. The first-order valence-electron chi connectivity index (χ1n) is 7.42. The highest BCUT2D eigenvalue weighted by Crippen LogP contribution is 2.35.